The van der Waals surface area contributed by atoms with Gasteiger partial charge < -0.3 is 19.6 Å². The van der Waals surface area contributed by atoms with Gasteiger partial charge >= 0.3 is 5.97 Å². The molecule has 0 radical (unpaired) electrons. The number of aromatic carboxylic acids is 1. The van der Waals surface area contributed by atoms with Gasteiger partial charge in [-0.05, 0) is 27.7 Å². The highest BCUT2D eigenvalue weighted by atomic mass is 16.4. The number of nitrogens with zero attached hydrogens (tertiary/aromatic N) is 3. The van der Waals surface area contributed by atoms with Crippen molar-refractivity contribution in [1.29, 1.82) is 0 Å². The Balaban J connectivity index is 2.92. The van der Waals surface area contributed by atoms with Crippen molar-refractivity contribution in [2.45, 2.75) is 34.2 Å². The van der Waals surface area contributed by atoms with Crippen LogP contribution in [0.5, 0.6) is 0 Å². The van der Waals surface area contributed by atoms with Gasteiger partial charge in [-0.3, -0.25) is 4.79 Å². The van der Waals surface area contributed by atoms with Crippen molar-refractivity contribution in [2.75, 3.05) is 18.0 Å². The van der Waals surface area contributed by atoms with Gasteiger partial charge in [0, 0.05) is 19.6 Å². The highest BCUT2D eigenvalue weighted by Crippen LogP contribution is 2.30. The summed E-state index contributed by atoms with van der Waals surface area (Å²) in [5.74, 6) is -0.551. The molecule has 0 bridgehead atoms. The van der Waals surface area contributed by atoms with Crippen LogP contribution < -0.4 is 10.5 Å². The minimum atomic E-state index is -1.08. The van der Waals surface area contributed by atoms with E-state index in [0.717, 1.165) is 5.57 Å². The molecule has 2 aromatic heterocycles. The summed E-state index contributed by atoms with van der Waals surface area (Å²) in [5.41, 5.74) is 1.36. The highest BCUT2D eigenvalue weighted by molar-refractivity contribution is 6.07. The van der Waals surface area contributed by atoms with E-state index in [-0.39, 0.29) is 16.6 Å². The number of carboxylic acids is 1. The Bertz CT molecular complexity index is 809. The van der Waals surface area contributed by atoms with E-state index in [2.05, 4.69) is 9.97 Å². The van der Waals surface area contributed by atoms with Crippen LogP contribution in [0.1, 0.15) is 38.1 Å². The second-order valence-electron chi connectivity index (χ2n) is 5.50. The Morgan fingerprint density at radius 2 is 2.04 bits per heavy atom. The number of aromatic amines is 1. The van der Waals surface area contributed by atoms with Crippen molar-refractivity contribution < 1.29 is 9.90 Å². The maximum absolute atomic E-state index is 12.3. The van der Waals surface area contributed by atoms with Gasteiger partial charge in [-0.1, -0.05) is 11.6 Å². The van der Waals surface area contributed by atoms with Crippen LogP contribution >= 0.6 is 0 Å². The molecular weight excluding hydrogens is 296 g/mol. The Labute approximate surface area is 134 Å². The first kappa shape index (κ1) is 16.8. The molecule has 0 aliphatic carbocycles. The van der Waals surface area contributed by atoms with E-state index in [1.54, 1.807) is 4.57 Å². The zero-order chi connectivity index (χ0) is 17.1. The number of aromatic nitrogens is 3. The van der Waals surface area contributed by atoms with Gasteiger partial charge in [-0.15, -0.1) is 0 Å². The number of carbonyl (C=O) groups is 1. The number of allylic oxidation sites excluding steroid dienone is 2. The maximum atomic E-state index is 12.3. The molecule has 124 valence electrons. The lowest BCUT2D eigenvalue weighted by molar-refractivity contribution is 0.0699. The van der Waals surface area contributed by atoms with E-state index in [1.165, 1.54) is 6.33 Å². The van der Waals surface area contributed by atoms with Gasteiger partial charge in [-0.2, -0.15) is 0 Å². The fourth-order valence-corrected chi connectivity index (χ4v) is 2.67. The summed E-state index contributed by atoms with van der Waals surface area (Å²) in [5, 5.41) is 9.68. The standard InChI is InChI=1S/C16H22N4O3/c1-5-19(6-2)15-11(16(22)23)12-13(14(21)18-9-17-12)20(15)8-7-10(3)4/h7,9H,5-6,8H2,1-4H3,(H,22,23)(H,17,18,21). The molecule has 0 saturated heterocycles. The Kier molecular flexibility index (Phi) is 4.88. The summed E-state index contributed by atoms with van der Waals surface area (Å²) in [6.07, 6.45) is 3.21. The SMILES string of the molecule is CCN(CC)c1c(C(=O)O)c2nc[nH]c(=O)c2n1CC=C(C)C. The van der Waals surface area contributed by atoms with E-state index in [4.69, 9.17) is 0 Å². The summed E-state index contributed by atoms with van der Waals surface area (Å²) in [4.78, 5) is 32.7. The van der Waals surface area contributed by atoms with Crippen molar-refractivity contribution in [3.63, 3.8) is 0 Å². The van der Waals surface area contributed by atoms with Crippen LogP contribution in [-0.2, 0) is 6.54 Å². The molecule has 2 aromatic rings. The van der Waals surface area contributed by atoms with Crippen LogP contribution in [0.15, 0.2) is 22.8 Å². The minimum absolute atomic E-state index is 0.0805. The van der Waals surface area contributed by atoms with Gasteiger partial charge in [-0.25, -0.2) is 9.78 Å². The van der Waals surface area contributed by atoms with Gasteiger partial charge in [0.1, 0.15) is 22.4 Å². The number of hydrogen-bond acceptors (Lipinski definition) is 4. The first-order valence-electron chi connectivity index (χ1n) is 7.63. The third-order valence-corrected chi connectivity index (χ3v) is 3.77. The van der Waals surface area contributed by atoms with Gasteiger partial charge in [0.2, 0.25) is 0 Å². The quantitative estimate of drug-likeness (QED) is 0.797. The van der Waals surface area contributed by atoms with Gasteiger partial charge in [0.25, 0.3) is 5.56 Å². The fraction of sp³-hybridized carbons (Fsp3) is 0.438. The molecule has 0 atom stereocenters. The molecule has 23 heavy (non-hydrogen) atoms. The maximum Gasteiger partial charge on any atom is 0.341 e. The first-order valence-corrected chi connectivity index (χ1v) is 7.63. The number of fused-ring (bicyclic) bond motifs is 1. The summed E-state index contributed by atoms with van der Waals surface area (Å²) >= 11 is 0. The van der Waals surface area contributed by atoms with Gasteiger partial charge in [0.05, 0.1) is 6.33 Å². The number of nitrogens with one attached hydrogen (secondary N) is 1. The van der Waals surface area contributed by atoms with E-state index in [0.29, 0.717) is 31.0 Å². The largest absolute Gasteiger partial charge is 0.477 e. The van der Waals surface area contributed by atoms with E-state index < -0.39 is 5.97 Å². The normalized spacial score (nSPS) is 10.8. The number of H-pyrrole nitrogens is 1. The fourth-order valence-electron chi connectivity index (χ4n) is 2.67. The van der Waals surface area contributed by atoms with Crippen LogP contribution in [-0.4, -0.2) is 38.7 Å². The summed E-state index contributed by atoms with van der Waals surface area (Å²) in [6, 6.07) is 0. The molecule has 2 rings (SSSR count). The average molecular weight is 318 g/mol. The Morgan fingerprint density at radius 3 is 2.57 bits per heavy atom. The number of rotatable bonds is 6. The lowest BCUT2D eigenvalue weighted by atomic mass is 10.2. The molecule has 0 aromatic carbocycles. The second-order valence-corrected chi connectivity index (χ2v) is 5.50. The molecular formula is C16H22N4O3. The topological polar surface area (TPSA) is 91.2 Å². The van der Waals surface area contributed by atoms with Crippen LogP contribution in [0.4, 0.5) is 5.82 Å². The predicted molar refractivity (Wildman–Crippen MR) is 90.3 cm³/mol. The minimum Gasteiger partial charge on any atom is -0.477 e. The third-order valence-electron chi connectivity index (χ3n) is 3.77. The lowest BCUT2D eigenvalue weighted by Crippen LogP contribution is -2.27. The molecule has 7 nitrogen and oxygen atoms in total. The summed E-state index contributed by atoms with van der Waals surface area (Å²) < 4.78 is 1.74. The molecule has 2 N–H and O–H groups in total. The van der Waals surface area contributed by atoms with Crippen LogP contribution in [0.25, 0.3) is 11.0 Å². The van der Waals surface area contributed by atoms with E-state index in [1.807, 2.05) is 38.7 Å². The van der Waals surface area contributed by atoms with E-state index in [9.17, 15) is 14.7 Å². The van der Waals surface area contributed by atoms with Crippen LogP contribution in [0.2, 0.25) is 0 Å². The van der Waals surface area contributed by atoms with Gasteiger partial charge in [0.15, 0.2) is 0 Å². The average Bonchev–Trinajstić information content (AvgIpc) is 2.82. The molecule has 0 spiro atoms. The van der Waals surface area contributed by atoms with Crippen molar-refractivity contribution in [3.8, 4) is 0 Å². The molecule has 0 aliphatic rings. The van der Waals surface area contributed by atoms with E-state index >= 15 is 0 Å². The molecule has 2 heterocycles. The molecule has 0 aliphatic heterocycles. The summed E-state index contributed by atoms with van der Waals surface area (Å²) in [6.45, 7) is 9.53. The zero-order valence-corrected chi connectivity index (χ0v) is 13.9. The molecule has 0 saturated carbocycles. The van der Waals surface area contributed by atoms with Crippen LogP contribution in [0, 0.1) is 0 Å². The van der Waals surface area contributed by atoms with Crippen molar-refractivity contribution in [2.24, 2.45) is 0 Å². The van der Waals surface area contributed by atoms with Crippen molar-refractivity contribution in [3.05, 3.63) is 33.9 Å². The molecule has 7 heteroatoms. The zero-order valence-electron chi connectivity index (χ0n) is 13.9. The predicted octanol–water partition coefficient (Wildman–Crippen LogP) is 2.24. The van der Waals surface area contributed by atoms with Crippen molar-refractivity contribution in [1.82, 2.24) is 14.5 Å². The monoisotopic (exact) mass is 318 g/mol. The third kappa shape index (κ3) is 2.99. The Hall–Kier alpha value is -2.57. The van der Waals surface area contributed by atoms with Crippen molar-refractivity contribution >= 4 is 22.8 Å². The highest BCUT2D eigenvalue weighted by Gasteiger charge is 2.27. The molecule has 0 fully saturated rings. The second kappa shape index (κ2) is 6.68. The summed E-state index contributed by atoms with van der Waals surface area (Å²) in [7, 11) is 0. The number of anilines is 1. The lowest BCUT2D eigenvalue weighted by Gasteiger charge is -2.23. The molecule has 0 unspecified atom stereocenters. The first-order chi connectivity index (χ1) is 10.9. The number of carboxylic acid groups (broad SMARTS) is 1. The Morgan fingerprint density at radius 1 is 1.39 bits per heavy atom. The van der Waals surface area contributed by atoms with Crippen LogP contribution in [0.3, 0.4) is 0 Å². The molecule has 0 amide bonds. The smallest absolute Gasteiger partial charge is 0.341 e. The number of hydrogen-bond donors (Lipinski definition) is 2.